The molecule has 15 aromatic carbocycles. The lowest BCUT2D eigenvalue weighted by atomic mass is 9.31. The van der Waals surface area contributed by atoms with E-state index in [1.165, 1.54) is 46.5 Å². The Labute approximate surface area is 717 Å². The number of rotatable bonds is 10. The second kappa shape index (κ2) is 28.9. The Balaban J connectivity index is 1.08. The largest absolute Gasteiger partial charge is 0.416 e. The van der Waals surface area contributed by atoms with Crippen molar-refractivity contribution in [2.75, 3.05) is 9.80 Å². The maximum absolute atomic E-state index is 16.7. The maximum Gasteiger partial charge on any atom is 0.416 e. The van der Waals surface area contributed by atoms with Crippen LogP contribution in [-0.4, -0.2) is 15.8 Å². The van der Waals surface area contributed by atoms with Crippen molar-refractivity contribution < 1.29 is 26.3 Å². The molecule has 0 atom stereocenters. The predicted molar refractivity (Wildman–Crippen MR) is 505 cm³/mol. The number of halogens is 6. The summed E-state index contributed by atoms with van der Waals surface area (Å²) >= 11 is 0. The Hall–Kier alpha value is -12.9. The number of hydrogen-bond donors (Lipinski definition) is 0. The fourth-order valence-corrected chi connectivity index (χ4v) is 19.0. The van der Waals surface area contributed by atoms with E-state index in [0.29, 0.717) is 78.6 Å². The number of alkyl halides is 6. The van der Waals surface area contributed by atoms with Crippen LogP contribution in [0.25, 0.3) is 122 Å². The molecule has 4 heterocycles. The molecule has 610 valence electrons. The minimum absolute atomic E-state index is 0.219. The Morgan fingerprint density at radius 2 is 0.439 bits per heavy atom. The van der Waals surface area contributed by atoms with Crippen LogP contribution in [0.4, 0.5) is 60.5 Å². The van der Waals surface area contributed by atoms with E-state index in [4.69, 9.17) is 0 Å². The van der Waals surface area contributed by atoms with Crippen LogP contribution in [-0.2, 0) is 39.4 Å². The molecule has 17 aromatic rings. The number of benzene rings is 15. The summed E-state index contributed by atoms with van der Waals surface area (Å²) in [4.78, 5) is 4.59. The van der Waals surface area contributed by atoms with Crippen molar-refractivity contribution in [2.24, 2.45) is 0 Å². The van der Waals surface area contributed by atoms with Gasteiger partial charge in [0.2, 0.25) is 0 Å². The monoisotopic (exact) mass is 1620 g/mol. The molecular formula is C112H97BF6N4. The van der Waals surface area contributed by atoms with Gasteiger partial charge in [-0.05, 0) is 225 Å². The molecule has 4 nitrogen and oxygen atoms in total. The highest BCUT2D eigenvalue weighted by atomic mass is 19.4. The summed E-state index contributed by atoms with van der Waals surface area (Å²) in [5.41, 5.74) is 21.1. The van der Waals surface area contributed by atoms with Crippen molar-refractivity contribution in [3.63, 3.8) is 0 Å². The zero-order valence-corrected chi connectivity index (χ0v) is 72.2. The molecule has 2 aromatic heterocycles. The fraction of sp³-hybridized carbons (Fsp3) is 0.196. The smallest absolute Gasteiger partial charge is 0.310 e. The van der Waals surface area contributed by atoms with Gasteiger partial charge in [0.15, 0.2) is 0 Å². The molecule has 11 heteroatoms. The first kappa shape index (κ1) is 79.9. The number of hydrogen-bond acceptors (Lipinski definition) is 2. The van der Waals surface area contributed by atoms with Gasteiger partial charge in [-0.2, -0.15) is 26.3 Å². The molecule has 2 aliphatic rings. The molecule has 123 heavy (non-hydrogen) atoms. The molecule has 0 aliphatic carbocycles. The molecular weight excluding hydrogens is 1530 g/mol. The first-order chi connectivity index (χ1) is 58.4. The molecule has 0 unspecified atom stereocenters. The topological polar surface area (TPSA) is 16.3 Å². The van der Waals surface area contributed by atoms with Crippen LogP contribution in [0, 0.1) is 0 Å². The number of anilines is 6. The van der Waals surface area contributed by atoms with E-state index in [1.54, 1.807) is 0 Å². The molecule has 0 fully saturated rings. The van der Waals surface area contributed by atoms with Crippen LogP contribution in [0.3, 0.4) is 0 Å². The summed E-state index contributed by atoms with van der Waals surface area (Å²) in [6, 6.07) is 105. The summed E-state index contributed by atoms with van der Waals surface area (Å²) in [6.07, 6.45) is -9.64. The van der Waals surface area contributed by atoms with Crippen molar-refractivity contribution in [1.29, 1.82) is 0 Å². The second-order valence-electron chi connectivity index (χ2n) is 38.8. The van der Waals surface area contributed by atoms with Crippen molar-refractivity contribution in [3.8, 4) is 78.1 Å². The van der Waals surface area contributed by atoms with Crippen molar-refractivity contribution in [2.45, 2.75) is 143 Å². The summed E-state index contributed by atoms with van der Waals surface area (Å²) in [7, 11) is 0. The van der Waals surface area contributed by atoms with E-state index < -0.39 is 35.6 Å². The standard InChI is InChI=1S/C112H97BF6N4/c1-106(2,3)74-46-50-93-89(54-74)90-55-75(107(4,5)6)47-51-94(90)120(93)81-64-83(68-34-22-16-23-35-68)101-99(66-81)122(104-85(70-38-26-18-27-39-70)58-79(111(114,115)116)59-86(104)71-40-28-19-29-41-71)97-62-78(110(13,14)15)63-98-103(97)113(101)102-84(69-36-24-17-25-37-69)65-82(121-95-52-48-76(108(7,8)9)56-91(95)92-57-77(109(10,11)12)49-53-96(92)121)67-100(102)123(98)105-87(72-42-30-20-31-43-72)60-80(112(117,118)119)61-88(105)73-44-32-21-33-45-73/h16-67H,1-15H3. The average molecular weight is 1620 g/mol. The molecule has 0 saturated heterocycles. The van der Waals surface area contributed by atoms with Crippen molar-refractivity contribution in [1.82, 2.24) is 9.13 Å². The van der Waals surface area contributed by atoms with Gasteiger partial charge in [-0.15, -0.1) is 0 Å². The average Bonchev–Trinajstić information content (AvgIpc) is 1.27. The SMILES string of the molecule is CC(C)(C)c1cc2c3c(c1)N(c1c(-c4ccccc4)cc(C(F)(F)F)cc1-c1ccccc1)c1cc(-n4c5ccc(C(C)(C)C)cc5c5cc(C(C)(C)C)ccc54)cc(-c4ccccc4)c1B3c1c(-c3ccccc3)cc(-n3c4ccc(C(C)(C)C)cc4c4cc(C(C)(C)C)ccc43)cc1N2c1c(-c2ccccc2)cc(C(F)(F)F)cc1-c1ccccc1. The minimum atomic E-state index is -4.82. The van der Waals surface area contributed by atoms with E-state index in [2.05, 4.69) is 281 Å². The van der Waals surface area contributed by atoms with E-state index >= 15 is 26.3 Å². The van der Waals surface area contributed by atoms with Crippen molar-refractivity contribution in [3.05, 3.63) is 354 Å². The summed E-state index contributed by atoms with van der Waals surface area (Å²) in [5, 5.41) is 4.31. The van der Waals surface area contributed by atoms with Gasteiger partial charge < -0.3 is 18.9 Å². The Bertz CT molecular complexity index is 6390. The molecule has 0 N–H and O–H groups in total. The lowest BCUT2D eigenvalue weighted by Crippen LogP contribution is -2.62. The molecule has 19 rings (SSSR count). The van der Waals surface area contributed by atoms with Gasteiger partial charge in [-0.25, -0.2) is 0 Å². The quantitative estimate of drug-likeness (QED) is 0.100. The zero-order valence-electron chi connectivity index (χ0n) is 72.2. The lowest BCUT2D eigenvalue weighted by Gasteiger charge is -2.48. The molecule has 0 spiro atoms. The number of aromatic nitrogens is 2. The van der Waals surface area contributed by atoms with Gasteiger partial charge in [0.1, 0.15) is 0 Å². The third kappa shape index (κ3) is 13.8. The predicted octanol–water partition coefficient (Wildman–Crippen LogP) is 30.5. The van der Waals surface area contributed by atoms with Crippen LogP contribution in [0.1, 0.15) is 143 Å². The normalized spacial score (nSPS) is 13.4. The highest BCUT2D eigenvalue weighted by Gasteiger charge is 2.50. The molecule has 0 saturated carbocycles. The highest BCUT2D eigenvalue weighted by molar-refractivity contribution is 7.02. The zero-order chi connectivity index (χ0) is 86.1. The van der Waals surface area contributed by atoms with Gasteiger partial charge >= 0.3 is 12.4 Å². The summed E-state index contributed by atoms with van der Waals surface area (Å²) in [6.45, 7) is 32.7. The second-order valence-corrected chi connectivity index (χ2v) is 38.8. The van der Waals surface area contributed by atoms with Crippen LogP contribution in [0.5, 0.6) is 0 Å². The Morgan fingerprint density at radius 1 is 0.211 bits per heavy atom. The summed E-state index contributed by atoms with van der Waals surface area (Å²) in [5.74, 6) is 0. The van der Waals surface area contributed by atoms with E-state index in [-0.39, 0.29) is 21.7 Å². The van der Waals surface area contributed by atoms with Gasteiger partial charge in [-0.3, -0.25) is 0 Å². The van der Waals surface area contributed by atoms with E-state index in [0.717, 1.165) is 99.2 Å². The maximum atomic E-state index is 16.7. The van der Waals surface area contributed by atoms with Gasteiger partial charge in [-0.1, -0.05) is 310 Å². The van der Waals surface area contributed by atoms with Crippen LogP contribution in [0.15, 0.2) is 315 Å². The van der Waals surface area contributed by atoms with Crippen LogP contribution in [0.2, 0.25) is 0 Å². The minimum Gasteiger partial charge on any atom is -0.310 e. The molecule has 0 bridgehead atoms. The van der Waals surface area contributed by atoms with Crippen molar-refractivity contribution >= 4 is 101 Å². The highest BCUT2D eigenvalue weighted by Crippen LogP contribution is 2.58. The first-order valence-corrected chi connectivity index (χ1v) is 42.6. The Kier molecular flexibility index (Phi) is 18.8. The molecule has 0 radical (unpaired) electrons. The third-order valence-corrected chi connectivity index (χ3v) is 25.5. The van der Waals surface area contributed by atoms with Gasteiger partial charge in [0.25, 0.3) is 6.71 Å². The molecule has 2 aliphatic heterocycles. The van der Waals surface area contributed by atoms with Gasteiger partial charge in [0.05, 0.1) is 44.6 Å². The van der Waals surface area contributed by atoms with E-state index in [1.807, 2.05) is 133 Å². The lowest BCUT2D eigenvalue weighted by molar-refractivity contribution is -0.138. The van der Waals surface area contributed by atoms with E-state index in [9.17, 15) is 0 Å². The number of fused-ring (bicyclic) bond motifs is 10. The van der Waals surface area contributed by atoms with Crippen LogP contribution >= 0.6 is 0 Å². The Morgan fingerprint density at radius 3 is 0.667 bits per heavy atom. The fourth-order valence-electron chi connectivity index (χ4n) is 19.0. The van der Waals surface area contributed by atoms with Gasteiger partial charge in [0, 0.05) is 77.9 Å². The molecule has 0 amide bonds. The van der Waals surface area contributed by atoms with Crippen LogP contribution < -0.4 is 26.2 Å². The number of nitrogens with zero attached hydrogens (tertiary/aromatic N) is 4. The summed E-state index contributed by atoms with van der Waals surface area (Å²) < 4.78 is 105. The first-order valence-electron chi connectivity index (χ1n) is 42.6. The third-order valence-electron chi connectivity index (χ3n) is 25.5.